The van der Waals surface area contributed by atoms with Crippen LogP contribution in [0.3, 0.4) is 0 Å². The maximum absolute atomic E-state index is 10.4. The molecule has 0 atom stereocenters. The first kappa shape index (κ1) is 14.6. The largest absolute Gasteiger partial charge is 0.811 e. The maximum Gasteiger partial charge on any atom is 0.129 e. The molecule has 0 unspecified atom stereocenters. The van der Waals surface area contributed by atoms with Crippen molar-refractivity contribution in [2.75, 3.05) is 11.9 Å². The quantitative estimate of drug-likeness (QED) is 0.482. The zero-order chi connectivity index (χ0) is 12.9. The van der Waals surface area contributed by atoms with Gasteiger partial charge in [0, 0.05) is 4.90 Å². The average Bonchev–Trinajstić information content (AvgIpc) is 2.21. The summed E-state index contributed by atoms with van der Waals surface area (Å²) >= 11 is 1.47. The van der Waals surface area contributed by atoms with Crippen molar-refractivity contribution >= 4 is 19.4 Å². The van der Waals surface area contributed by atoms with Crippen molar-refractivity contribution in [2.45, 2.75) is 24.7 Å². The molecule has 0 saturated carbocycles. The minimum Gasteiger partial charge on any atom is -0.811 e. The van der Waals surface area contributed by atoms with Gasteiger partial charge in [-0.2, -0.15) is 0 Å². The summed E-state index contributed by atoms with van der Waals surface area (Å²) in [7, 11) is -4.35. The van der Waals surface area contributed by atoms with Crippen molar-refractivity contribution in [1.82, 2.24) is 0 Å². The highest BCUT2D eigenvalue weighted by Gasteiger charge is 2.02. The Bertz CT molecular complexity index is 416. The van der Waals surface area contributed by atoms with Gasteiger partial charge < -0.3 is 19.5 Å². The molecular formula is C11H15O4PS-2. The summed E-state index contributed by atoms with van der Waals surface area (Å²) in [5.41, 5.74) is 1.06. The lowest BCUT2D eigenvalue weighted by Gasteiger charge is -2.29. The smallest absolute Gasteiger partial charge is 0.129 e. The van der Waals surface area contributed by atoms with Crippen LogP contribution in [0.25, 0.3) is 0 Å². The molecule has 96 valence electrons. The molecule has 0 aliphatic heterocycles. The van der Waals surface area contributed by atoms with E-state index in [9.17, 15) is 19.5 Å². The number of thioether (sulfide) groups is 1. The van der Waals surface area contributed by atoms with E-state index in [0.29, 0.717) is 18.6 Å². The minimum absolute atomic E-state index is 0.235. The van der Waals surface area contributed by atoms with Crippen LogP contribution in [0.15, 0.2) is 23.1 Å². The summed E-state index contributed by atoms with van der Waals surface area (Å²) in [6, 6.07) is 5.35. The van der Waals surface area contributed by atoms with Gasteiger partial charge in [-0.3, -0.25) is 0 Å². The molecule has 6 heteroatoms. The maximum atomic E-state index is 10.4. The van der Waals surface area contributed by atoms with Gasteiger partial charge in [-0.05, 0) is 49.4 Å². The molecule has 0 heterocycles. The number of benzene rings is 1. The van der Waals surface area contributed by atoms with Gasteiger partial charge in [0.25, 0.3) is 0 Å². The van der Waals surface area contributed by atoms with Crippen LogP contribution in [0.1, 0.15) is 18.4 Å². The lowest BCUT2D eigenvalue weighted by Crippen LogP contribution is -2.16. The summed E-state index contributed by atoms with van der Waals surface area (Å²) in [5, 5.41) is 9.56. The first-order valence-electron chi connectivity index (χ1n) is 5.32. The van der Waals surface area contributed by atoms with Gasteiger partial charge >= 0.3 is 0 Å². The predicted octanol–water partition coefficient (Wildman–Crippen LogP) is 1.49. The SMILES string of the molecule is Cc1ccc(O)c(SCCCCP(=O)([O-])[O-])c1. The molecular weight excluding hydrogens is 259 g/mol. The Morgan fingerprint density at radius 2 is 2.06 bits per heavy atom. The first-order chi connectivity index (χ1) is 7.88. The number of phenols is 1. The van der Waals surface area contributed by atoms with Crippen LogP contribution < -0.4 is 9.79 Å². The van der Waals surface area contributed by atoms with Crippen molar-refractivity contribution < 1.29 is 19.5 Å². The summed E-state index contributed by atoms with van der Waals surface area (Å²) < 4.78 is 10.4. The molecule has 0 radical (unpaired) electrons. The monoisotopic (exact) mass is 274 g/mol. The second-order valence-corrected chi connectivity index (χ2v) is 6.67. The lowest BCUT2D eigenvalue weighted by atomic mass is 10.2. The minimum atomic E-state index is -4.35. The molecule has 0 bridgehead atoms. The van der Waals surface area contributed by atoms with Crippen LogP contribution in [0.4, 0.5) is 0 Å². The fourth-order valence-electron chi connectivity index (χ4n) is 1.33. The lowest BCUT2D eigenvalue weighted by molar-refractivity contribution is -0.313. The van der Waals surface area contributed by atoms with E-state index < -0.39 is 7.60 Å². The van der Waals surface area contributed by atoms with Crippen molar-refractivity contribution in [2.24, 2.45) is 0 Å². The first-order valence-corrected chi connectivity index (χ1v) is 8.03. The number of phenolic OH excluding ortho intramolecular Hbond substituents is 1. The van der Waals surface area contributed by atoms with Crippen LogP contribution in [-0.4, -0.2) is 17.0 Å². The number of hydrogen-bond donors (Lipinski definition) is 1. The molecule has 0 aromatic heterocycles. The van der Waals surface area contributed by atoms with Crippen molar-refractivity contribution in [3.05, 3.63) is 23.8 Å². The van der Waals surface area contributed by atoms with Crippen molar-refractivity contribution in [1.29, 1.82) is 0 Å². The molecule has 17 heavy (non-hydrogen) atoms. The van der Waals surface area contributed by atoms with E-state index in [1.165, 1.54) is 11.8 Å². The summed E-state index contributed by atoms with van der Waals surface area (Å²) in [5.74, 6) is 0.927. The van der Waals surface area contributed by atoms with Gasteiger partial charge in [-0.1, -0.05) is 13.7 Å². The zero-order valence-electron chi connectivity index (χ0n) is 9.59. The second kappa shape index (κ2) is 6.45. The van der Waals surface area contributed by atoms with E-state index in [2.05, 4.69) is 0 Å². The Balaban J connectivity index is 2.31. The molecule has 1 aromatic rings. The normalized spacial score (nSPS) is 11.7. The highest BCUT2D eigenvalue weighted by molar-refractivity contribution is 7.99. The zero-order valence-corrected chi connectivity index (χ0v) is 11.3. The molecule has 1 aromatic carbocycles. The third-order valence-corrected chi connectivity index (χ3v) is 4.19. The van der Waals surface area contributed by atoms with Crippen LogP contribution in [0.5, 0.6) is 5.75 Å². The standard InChI is InChI=1S/C11H17O4PS/c1-9-4-5-10(12)11(8-9)17-7-3-2-6-16(13,14)15/h4-5,8,12H,2-3,6-7H2,1H3,(H2,13,14,15)/p-2. The summed E-state index contributed by atoms with van der Waals surface area (Å²) in [6.45, 7) is 1.94. The molecule has 0 aliphatic carbocycles. The van der Waals surface area contributed by atoms with Crippen LogP contribution in [-0.2, 0) is 4.57 Å². The topological polar surface area (TPSA) is 83.4 Å². The van der Waals surface area contributed by atoms with Crippen LogP contribution in [0, 0.1) is 6.92 Å². The molecule has 4 nitrogen and oxygen atoms in total. The molecule has 0 saturated heterocycles. The van der Waals surface area contributed by atoms with Gasteiger partial charge in [-0.25, -0.2) is 0 Å². The van der Waals surface area contributed by atoms with E-state index in [1.54, 1.807) is 6.07 Å². The van der Waals surface area contributed by atoms with Crippen molar-refractivity contribution in [3.8, 4) is 5.75 Å². The number of aromatic hydroxyl groups is 1. The molecule has 0 spiro atoms. The summed E-state index contributed by atoms with van der Waals surface area (Å²) in [6.07, 6.45) is 0.740. The molecule has 0 amide bonds. The summed E-state index contributed by atoms with van der Waals surface area (Å²) in [4.78, 5) is 21.6. The third-order valence-electron chi connectivity index (χ3n) is 2.20. The molecule has 0 aliphatic rings. The Morgan fingerprint density at radius 1 is 1.35 bits per heavy atom. The Morgan fingerprint density at radius 3 is 2.71 bits per heavy atom. The van der Waals surface area contributed by atoms with Gasteiger partial charge in [0.1, 0.15) is 5.75 Å². The van der Waals surface area contributed by atoms with E-state index >= 15 is 0 Å². The van der Waals surface area contributed by atoms with E-state index in [4.69, 9.17) is 0 Å². The third kappa shape index (κ3) is 6.13. The van der Waals surface area contributed by atoms with Gasteiger partial charge in [0.2, 0.25) is 0 Å². The number of aryl methyl sites for hydroxylation is 1. The highest BCUT2D eigenvalue weighted by Crippen LogP contribution is 2.30. The molecule has 0 fully saturated rings. The van der Waals surface area contributed by atoms with E-state index in [1.807, 2.05) is 19.1 Å². The predicted molar refractivity (Wildman–Crippen MR) is 65.3 cm³/mol. The van der Waals surface area contributed by atoms with Gasteiger partial charge in [0.15, 0.2) is 0 Å². The van der Waals surface area contributed by atoms with E-state index in [-0.39, 0.29) is 11.9 Å². The van der Waals surface area contributed by atoms with Crippen molar-refractivity contribution in [3.63, 3.8) is 0 Å². The average molecular weight is 274 g/mol. The van der Waals surface area contributed by atoms with Crippen LogP contribution in [0.2, 0.25) is 0 Å². The second-order valence-electron chi connectivity index (χ2n) is 3.86. The number of unbranched alkanes of at least 4 members (excludes halogenated alkanes) is 1. The highest BCUT2D eigenvalue weighted by atomic mass is 32.2. The van der Waals surface area contributed by atoms with Crippen LogP contribution >= 0.6 is 19.4 Å². The molecule has 1 N–H and O–H groups in total. The van der Waals surface area contributed by atoms with Gasteiger partial charge in [-0.15, -0.1) is 11.8 Å². The Labute approximate surface area is 105 Å². The Hall–Kier alpha value is -0.480. The fraction of sp³-hybridized carbons (Fsp3) is 0.455. The van der Waals surface area contributed by atoms with Gasteiger partial charge in [0.05, 0.1) is 0 Å². The number of rotatable bonds is 6. The Kier molecular flexibility index (Phi) is 5.53. The van der Waals surface area contributed by atoms with E-state index in [0.717, 1.165) is 10.5 Å². The fourth-order valence-corrected chi connectivity index (χ4v) is 2.99. The molecule has 1 rings (SSSR count). The number of hydrogen-bond acceptors (Lipinski definition) is 5.